The molecule has 5 aromatic carbocycles. The summed E-state index contributed by atoms with van der Waals surface area (Å²) in [6.07, 6.45) is 3.92. The van der Waals surface area contributed by atoms with Gasteiger partial charge in [-0.3, -0.25) is 4.98 Å². The first-order valence-corrected chi connectivity index (χ1v) is 11.9. The third-order valence-electron chi connectivity index (χ3n) is 6.02. The Bertz CT molecular complexity index is 1520. The van der Waals surface area contributed by atoms with Crippen molar-refractivity contribution in [2.24, 2.45) is 0 Å². The Morgan fingerprint density at radius 3 is 1.88 bits per heavy atom. The molecule has 0 saturated carbocycles. The summed E-state index contributed by atoms with van der Waals surface area (Å²) in [6.45, 7) is 0. The molecule has 1 nitrogen and oxygen atoms in total. The number of pyridine rings is 1. The van der Waals surface area contributed by atoms with Gasteiger partial charge in [0, 0.05) is 27.6 Å². The molecule has 156 valence electrons. The number of aromatic nitrogens is 1. The zero-order valence-electron chi connectivity index (χ0n) is 18.0. The van der Waals surface area contributed by atoms with Gasteiger partial charge in [0.15, 0.2) is 0 Å². The van der Waals surface area contributed by atoms with E-state index in [1.165, 1.54) is 53.6 Å². The van der Waals surface area contributed by atoms with E-state index in [1.54, 1.807) is 0 Å². The van der Waals surface area contributed by atoms with Crippen LogP contribution in [0.4, 0.5) is 0 Å². The molecule has 2 heteroatoms. The van der Waals surface area contributed by atoms with Gasteiger partial charge in [-0.15, -0.1) is 0 Å². The van der Waals surface area contributed by atoms with Gasteiger partial charge >= 0.3 is 0 Å². The van der Waals surface area contributed by atoms with Crippen LogP contribution in [-0.4, -0.2) is 4.98 Å². The first-order valence-electron chi connectivity index (χ1n) is 11.1. The van der Waals surface area contributed by atoms with Gasteiger partial charge in [-0.25, -0.2) is 0 Å². The molecule has 33 heavy (non-hydrogen) atoms. The summed E-state index contributed by atoms with van der Waals surface area (Å²) in [6, 6.07) is 40.8. The Hall–Kier alpha value is -3.88. The highest BCUT2D eigenvalue weighted by Crippen LogP contribution is 2.46. The largest absolute Gasteiger partial charge is 0.264 e. The Morgan fingerprint density at radius 2 is 1.09 bits per heavy atom. The zero-order chi connectivity index (χ0) is 22.0. The van der Waals surface area contributed by atoms with Gasteiger partial charge in [0.1, 0.15) is 0 Å². The highest BCUT2D eigenvalue weighted by atomic mass is 32.2. The van der Waals surface area contributed by atoms with Crippen molar-refractivity contribution in [2.45, 2.75) is 9.79 Å². The Labute approximate surface area is 197 Å². The summed E-state index contributed by atoms with van der Waals surface area (Å²) < 4.78 is 0. The molecule has 0 spiro atoms. The van der Waals surface area contributed by atoms with Crippen molar-refractivity contribution >= 4 is 33.3 Å². The van der Waals surface area contributed by atoms with Crippen LogP contribution < -0.4 is 0 Å². The van der Waals surface area contributed by atoms with Gasteiger partial charge in [0.05, 0.1) is 0 Å². The van der Waals surface area contributed by atoms with Gasteiger partial charge < -0.3 is 0 Å². The van der Waals surface area contributed by atoms with E-state index in [-0.39, 0.29) is 0 Å². The maximum absolute atomic E-state index is 4.55. The summed E-state index contributed by atoms with van der Waals surface area (Å²) in [5.41, 5.74) is 4.92. The third-order valence-corrected chi connectivity index (χ3v) is 7.17. The Balaban J connectivity index is 1.70. The molecule has 0 N–H and O–H groups in total. The standard InChI is InChI=1S/C31H21NS/c1-3-11-22(12-4-1)24-15-7-8-16-25(24)30-26-17-9-10-18-27(26)31(28-19-20-32-21-29(28)30)33-23-13-5-2-6-14-23/h1-21H. The van der Waals surface area contributed by atoms with Crippen LogP contribution in [0.25, 0.3) is 43.8 Å². The van der Waals surface area contributed by atoms with E-state index in [0.29, 0.717) is 0 Å². The lowest BCUT2D eigenvalue weighted by molar-refractivity contribution is 1.36. The second-order valence-corrected chi connectivity index (χ2v) is 9.08. The van der Waals surface area contributed by atoms with Crippen LogP contribution in [0.2, 0.25) is 0 Å². The summed E-state index contributed by atoms with van der Waals surface area (Å²) in [4.78, 5) is 7.05. The quantitative estimate of drug-likeness (QED) is 0.254. The van der Waals surface area contributed by atoms with E-state index in [9.17, 15) is 0 Å². The fraction of sp³-hybridized carbons (Fsp3) is 0. The van der Waals surface area contributed by atoms with Crippen molar-refractivity contribution in [1.82, 2.24) is 4.98 Å². The van der Waals surface area contributed by atoms with E-state index in [0.717, 1.165) is 0 Å². The van der Waals surface area contributed by atoms with E-state index in [2.05, 4.69) is 120 Å². The van der Waals surface area contributed by atoms with Gasteiger partial charge in [0.25, 0.3) is 0 Å². The van der Waals surface area contributed by atoms with Crippen molar-refractivity contribution in [3.8, 4) is 22.3 Å². The van der Waals surface area contributed by atoms with E-state index in [4.69, 9.17) is 0 Å². The molecule has 0 unspecified atom stereocenters. The van der Waals surface area contributed by atoms with Crippen LogP contribution in [0.3, 0.4) is 0 Å². The van der Waals surface area contributed by atoms with Gasteiger partial charge in [0.2, 0.25) is 0 Å². The molecule has 1 aromatic heterocycles. The second kappa shape index (κ2) is 8.57. The lowest BCUT2D eigenvalue weighted by atomic mass is 9.88. The van der Waals surface area contributed by atoms with Crippen LogP contribution in [0, 0.1) is 0 Å². The Morgan fingerprint density at radius 1 is 0.485 bits per heavy atom. The predicted molar refractivity (Wildman–Crippen MR) is 141 cm³/mol. The monoisotopic (exact) mass is 439 g/mol. The summed E-state index contributed by atoms with van der Waals surface area (Å²) >= 11 is 1.82. The minimum Gasteiger partial charge on any atom is -0.264 e. The van der Waals surface area contributed by atoms with Gasteiger partial charge in [-0.1, -0.05) is 109 Å². The number of nitrogens with zero attached hydrogens (tertiary/aromatic N) is 1. The zero-order valence-corrected chi connectivity index (χ0v) is 18.8. The van der Waals surface area contributed by atoms with E-state index < -0.39 is 0 Å². The van der Waals surface area contributed by atoms with E-state index in [1.807, 2.05) is 24.2 Å². The third kappa shape index (κ3) is 3.59. The normalized spacial score (nSPS) is 11.2. The topological polar surface area (TPSA) is 12.9 Å². The molecule has 0 amide bonds. The molecule has 0 fully saturated rings. The highest BCUT2D eigenvalue weighted by molar-refractivity contribution is 7.99. The summed E-state index contributed by atoms with van der Waals surface area (Å²) in [7, 11) is 0. The molecule has 6 rings (SSSR count). The predicted octanol–water partition coefficient (Wildman–Crippen LogP) is 8.87. The fourth-order valence-electron chi connectivity index (χ4n) is 4.56. The number of rotatable bonds is 4. The maximum atomic E-state index is 4.55. The smallest absolute Gasteiger partial charge is 0.0353 e. The van der Waals surface area contributed by atoms with E-state index >= 15 is 0 Å². The molecule has 0 atom stereocenters. The van der Waals surface area contributed by atoms with Crippen molar-refractivity contribution in [3.05, 3.63) is 128 Å². The minimum atomic E-state index is 1.18. The molecular weight excluding hydrogens is 418 g/mol. The first kappa shape index (κ1) is 19.8. The van der Waals surface area contributed by atoms with Crippen LogP contribution in [-0.2, 0) is 0 Å². The minimum absolute atomic E-state index is 1.18. The molecule has 0 aliphatic carbocycles. The highest BCUT2D eigenvalue weighted by Gasteiger charge is 2.18. The fourth-order valence-corrected chi connectivity index (χ4v) is 5.66. The van der Waals surface area contributed by atoms with Gasteiger partial charge in [-0.05, 0) is 56.6 Å². The molecular formula is C31H21NS. The van der Waals surface area contributed by atoms with Crippen LogP contribution in [0.15, 0.2) is 137 Å². The Kier molecular flexibility index (Phi) is 5.14. The van der Waals surface area contributed by atoms with Crippen molar-refractivity contribution in [2.75, 3.05) is 0 Å². The molecule has 6 aromatic rings. The lowest BCUT2D eigenvalue weighted by Gasteiger charge is -2.18. The average Bonchev–Trinajstić information content (AvgIpc) is 2.90. The number of benzene rings is 5. The number of fused-ring (bicyclic) bond motifs is 2. The van der Waals surface area contributed by atoms with Crippen LogP contribution in [0.5, 0.6) is 0 Å². The molecule has 0 aliphatic rings. The maximum Gasteiger partial charge on any atom is 0.0353 e. The second-order valence-electron chi connectivity index (χ2n) is 8.00. The van der Waals surface area contributed by atoms with Gasteiger partial charge in [-0.2, -0.15) is 0 Å². The average molecular weight is 440 g/mol. The van der Waals surface area contributed by atoms with Crippen molar-refractivity contribution < 1.29 is 0 Å². The molecule has 1 heterocycles. The molecule has 0 aliphatic heterocycles. The molecule has 0 saturated heterocycles. The van der Waals surface area contributed by atoms with Crippen molar-refractivity contribution in [1.29, 1.82) is 0 Å². The summed E-state index contributed by atoms with van der Waals surface area (Å²) in [5, 5.41) is 4.93. The van der Waals surface area contributed by atoms with Crippen molar-refractivity contribution in [3.63, 3.8) is 0 Å². The van der Waals surface area contributed by atoms with Crippen LogP contribution in [0.1, 0.15) is 0 Å². The van der Waals surface area contributed by atoms with Crippen LogP contribution >= 0.6 is 11.8 Å². The molecule has 0 radical (unpaired) electrons. The summed E-state index contributed by atoms with van der Waals surface area (Å²) in [5.74, 6) is 0. The number of hydrogen-bond acceptors (Lipinski definition) is 2. The SMILES string of the molecule is c1ccc(Sc2c3ccccc3c(-c3ccccc3-c3ccccc3)c3cnccc23)cc1. The first-order chi connectivity index (χ1) is 16.4. The lowest BCUT2D eigenvalue weighted by Crippen LogP contribution is -1.92. The number of hydrogen-bond donors (Lipinski definition) is 0. The molecule has 0 bridgehead atoms.